The lowest BCUT2D eigenvalue weighted by Gasteiger charge is -2.23. The van der Waals surface area contributed by atoms with Crippen LogP contribution < -0.4 is 9.64 Å². The first-order valence-corrected chi connectivity index (χ1v) is 14.8. The number of ketones is 1. The summed E-state index contributed by atoms with van der Waals surface area (Å²) in [6, 6.07) is 16.4. The highest BCUT2D eigenvalue weighted by atomic mass is 79.9. The number of phenolic OH excluding ortho intramolecular Hbond substituents is 1. The molecule has 1 amide bonds. The molecule has 0 saturated carbocycles. The Morgan fingerprint density at radius 2 is 1.82 bits per heavy atom. The number of thioether (sulfide) groups is 1. The fourth-order valence-corrected chi connectivity index (χ4v) is 6.61. The van der Waals surface area contributed by atoms with Gasteiger partial charge in [-0.25, -0.2) is 0 Å². The summed E-state index contributed by atoms with van der Waals surface area (Å²) in [6.07, 6.45) is 0. The molecule has 1 saturated heterocycles. The number of aliphatic hydroxyl groups excluding tert-OH is 1. The molecule has 3 aromatic carbocycles. The molecule has 12 heteroatoms. The van der Waals surface area contributed by atoms with Gasteiger partial charge in [-0.2, -0.15) is 0 Å². The number of nitrogens with zero attached hydrogens (tertiary/aromatic N) is 3. The van der Waals surface area contributed by atoms with Gasteiger partial charge in [0, 0.05) is 16.3 Å². The predicted molar refractivity (Wildman–Crippen MR) is 159 cm³/mol. The van der Waals surface area contributed by atoms with E-state index in [9.17, 15) is 19.8 Å². The molecule has 204 valence electrons. The van der Waals surface area contributed by atoms with Crippen molar-refractivity contribution in [3.63, 3.8) is 0 Å². The van der Waals surface area contributed by atoms with Crippen LogP contribution in [0.15, 0.2) is 75.0 Å². The van der Waals surface area contributed by atoms with E-state index in [0.717, 1.165) is 5.56 Å². The summed E-state index contributed by atoms with van der Waals surface area (Å²) < 4.78 is 6.20. The number of carbonyl (C=O) groups is 2. The number of amides is 1. The van der Waals surface area contributed by atoms with Crippen LogP contribution in [0, 0.1) is 6.92 Å². The molecule has 2 heterocycles. The number of aryl methyl sites for hydroxylation is 1. The van der Waals surface area contributed by atoms with Gasteiger partial charge in [0.2, 0.25) is 5.13 Å². The molecule has 1 aliphatic heterocycles. The summed E-state index contributed by atoms with van der Waals surface area (Å²) >= 11 is 11.9. The maximum absolute atomic E-state index is 13.5. The van der Waals surface area contributed by atoms with E-state index in [1.807, 2.05) is 31.2 Å². The summed E-state index contributed by atoms with van der Waals surface area (Å²) in [7, 11) is 1.39. The number of ether oxygens (including phenoxy) is 1. The summed E-state index contributed by atoms with van der Waals surface area (Å²) in [4.78, 5) is 28.1. The summed E-state index contributed by atoms with van der Waals surface area (Å²) in [5.41, 5.74) is 2.84. The van der Waals surface area contributed by atoms with Crippen LogP contribution >= 0.6 is 50.6 Å². The number of aromatic hydroxyl groups is 1. The first-order valence-electron chi connectivity index (χ1n) is 11.8. The fraction of sp³-hybridized carbons (Fsp3) is 0.143. The smallest absolute Gasteiger partial charge is 0.301 e. The normalized spacial score (nSPS) is 16.5. The lowest BCUT2D eigenvalue weighted by Crippen LogP contribution is -2.29. The fourth-order valence-electron chi connectivity index (χ4n) is 4.20. The lowest BCUT2D eigenvalue weighted by atomic mass is 9.95. The molecule has 0 spiro atoms. The van der Waals surface area contributed by atoms with Crippen LogP contribution in [0.2, 0.25) is 5.02 Å². The van der Waals surface area contributed by atoms with Crippen molar-refractivity contribution in [3.05, 3.63) is 98.0 Å². The number of methoxy groups -OCH3 is 1. The number of halogens is 2. The van der Waals surface area contributed by atoms with Gasteiger partial charge in [-0.3, -0.25) is 14.5 Å². The summed E-state index contributed by atoms with van der Waals surface area (Å²) in [6.45, 7) is 2.02. The highest BCUT2D eigenvalue weighted by Gasteiger charge is 2.48. The van der Waals surface area contributed by atoms with E-state index < -0.39 is 17.7 Å². The number of rotatable bonds is 7. The van der Waals surface area contributed by atoms with Crippen molar-refractivity contribution in [1.82, 2.24) is 10.2 Å². The number of aliphatic hydroxyl groups is 1. The van der Waals surface area contributed by atoms with E-state index >= 15 is 0 Å². The second kappa shape index (κ2) is 11.6. The van der Waals surface area contributed by atoms with Gasteiger partial charge in [0.05, 0.1) is 23.2 Å². The number of benzene rings is 3. The van der Waals surface area contributed by atoms with Crippen LogP contribution in [0.3, 0.4) is 0 Å². The zero-order valence-electron chi connectivity index (χ0n) is 21.1. The first kappa shape index (κ1) is 28.2. The third-order valence-corrected chi connectivity index (χ3v) is 9.22. The minimum Gasteiger partial charge on any atom is -0.507 e. The maximum atomic E-state index is 13.5. The zero-order valence-corrected chi connectivity index (χ0v) is 25.1. The van der Waals surface area contributed by atoms with Crippen LogP contribution in [0.1, 0.15) is 28.3 Å². The van der Waals surface area contributed by atoms with E-state index in [1.165, 1.54) is 46.7 Å². The second-order valence-electron chi connectivity index (χ2n) is 8.85. The van der Waals surface area contributed by atoms with Crippen molar-refractivity contribution < 1.29 is 24.5 Å². The number of Topliss-reactive ketones (excluding diaryl/α,β-unsaturated/α-hetero) is 1. The van der Waals surface area contributed by atoms with Crippen molar-refractivity contribution in [2.75, 3.05) is 12.0 Å². The Kier molecular flexibility index (Phi) is 8.18. The quantitative estimate of drug-likeness (QED) is 0.0726. The average Bonchev–Trinajstić information content (AvgIpc) is 3.51. The number of hydrogen-bond acceptors (Lipinski definition) is 9. The number of carbonyl (C=O) groups excluding carboxylic acids is 2. The van der Waals surface area contributed by atoms with Gasteiger partial charge in [-0.05, 0) is 70.4 Å². The molecule has 5 rings (SSSR count). The monoisotopic (exact) mass is 657 g/mol. The van der Waals surface area contributed by atoms with Gasteiger partial charge in [0.15, 0.2) is 15.8 Å². The molecule has 1 aliphatic rings. The Balaban J connectivity index is 1.59. The minimum absolute atomic E-state index is 0.119. The predicted octanol–water partition coefficient (Wildman–Crippen LogP) is 6.90. The second-order valence-corrected chi connectivity index (χ2v) is 12.3. The Morgan fingerprint density at radius 3 is 2.50 bits per heavy atom. The molecule has 1 fully saturated rings. The van der Waals surface area contributed by atoms with Crippen LogP contribution in [0.4, 0.5) is 5.13 Å². The van der Waals surface area contributed by atoms with Crippen LogP contribution in [0.5, 0.6) is 11.5 Å². The van der Waals surface area contributed by atoms with Crippen molar-refractivity contribution in [2.45, 2.75) is 23.1 Å². The van der Waals surface area contributed by atoms with Gasteiger partial charge >= 0.3 is 5.91 Å². The number of phenols is 1. The molecule has 1 unspecified atom stereocenters. The lowest BCUT2D eigenvalue weighted by molar-refractivity contribution is -0.132. The zero-order chi connectivity index (χ0) is 28.6. The molecular weight excluding hydrogens is 638 g/mol. The maximum Gasteiger partial charge on any atom is 0.301 e. The average molecular weight is 659 g/mol. The van der Waals surface area contributed by atoms with E-state index in [4.69, 9.17) is 16.3 Å². The van der Waals surface area contributed by atoms with E-state index in [1.54, 1.807) is 30.3 Å². The van der Waals surface area contributed by atoms with Crippen molar-refractivity contribution >= 4 is 73.2 Å². The molecule has 8 nitrogen and oxygen atoms in total. The molecule has 0 aliphatic carbocycles. The van der Waals surface area contributed by atoms with E-state index in [2.05, 4.69) is 26.1 Å². The number of anilines is 1. The largest absolute Gasteiger partial charge is 0.507 e. The third-order valence-electron chi connectivity index (χ3n) is 6.23. The van der Waals surface area contributed by atoms with Crippen LogP contribution in [-0.4, -0.2) is 39.2 Å². The molecule has 0 radical (unpaired) electrons. The number of hydrogen-bond donors (Lipinski definition) is 2. The van der Waals surface area contributed by atoms with Crippen LogP contribution in [0.25, 0.3) is 5.76 Å². The van der Waals surface area contributed by atoms with Crippen molar-refractivity contribution in [1.29, 1.82) is 0 Å². The molecule has 0 bridgehead atoms. The number of aromatic nitrogens is 2. The van der Waals surface area contributed by atoms with Gasteiger partial charge < -0.3 is 14.9 Å². The van der Waals surface area contributed by atoms with E-state index in [0.29, 0.717) is 26.2 Å². The van der Waals surface area contributed by atoms with E-state index in [-0.39, 0.29) is 32.4 Å². The molecular formula is C28H21BrClN3O5S2. The van der Waals surface area contributed by atoms with Gasteiger partial charge in [-0.1, -0.05) is 64.5 Å². The highest BCUT2D eigenvalue weighted by Crippen LogP contribution is 2.47. The third kappa shape index (κ3) is 5.46. The Hall–Kier alpha value is -3.38. The van der Waals surface area contributed by atoms with Gasteiger partial charge in [0.25, 0.3) is 5.78 Å². The first-order chi connectivity index (χ1) is 19.2. The topological polar surface area (TPSA) is 113 Å². The molecule has 1 atom stereocenters. The summed E-state index contributed by atoms with van der Waals surface area (Å²) in [5, 5.41) is 30.8. The SMILES string of the molecule is COc1cc(C2/C(=C(/O)c3ccc(Cl)cc3)C(=O)C(=O)N2c2nnc(SCc3ccc(C)cc3)s2)cc(Br)c1O. The molecule has 4 aromatic rings. The Bertz CT molecular complexity index is 1640. The molecule has 2 N–H and O–H groups in total. The molecule has 40 heavy (non-hydrogen) atoms. The van der Waals surface area contributed by atoms with Gasteiger partial charge in [-0.15, -0.1) is 10.2 Å². The standard InChI is InChI=1S/C28H21BrClN3O5S2/c1-14-3-5-15(6-4-14)13-39-28-32-31-27(40-28)33-22(17-11-19(29)24(35)20(12-17)38-2)21(25(36)26(33)37)23(34)16-7-9-18(30)10-8-16/h3-12,22,34-35H,13H2,1-2H3/b23-21-. The van der Waals surface area contributed by atoms with Gasteiger partial charge in [0.1, 0.15) is 5.76 Å². The van der Waals surface area contributed by atoms with Crippen molar-refractivity contribution in [2.24, 2.45) is 0 Å². The Morgan fingerprint density at radius 1 is 1.12 bits per heavy atom. The Labute approximate surface area is 251 Å². The minimum atomic E-state index is -1.08. The van der Waals surface area contributed by atoms with Crippen LogP contribution in [-0.2, 0) is 15.3 Å². The van der Waals surface area contributed by atoms with Crippen molar-refractivity contribution in [3.8, 4) is 11.5 Å². The summed E-state index contributed by atoms with van der Waals surface area (Å²) in [5.74, 6) is -1.50. The molecule has 1 aromatic heterocycles. The highest BCUT2D eigenvalue weighted by molar-refractivity contribution is 9.10.